The van der Waals surface area contributed by atoms with Crippen LogP contribution in [0.1, 0.15) is 0 Å². The van der Waals surface area contributed by atoms with Gasteiger partial charge in [-0.05, 0) is 14.1 Å². The van der Waals surface area contributed by atoms with E-state index in [1.165, 1.54) is 7.05 Å². The van der Waals surface area contributed by atoms with Crippen LogP contribution in [-0.4, -0.2) is 62.5 Å². The molecule has 78 valence electrons. The van der Waals surface area contributed by atoms with Crippen molar-refractivity contribution in [1.29, 1.82) is 0 Å². The van der Waals surface area contributed by atoms with E-state index in [4.69, 9.17) is 5.73 Å². The van der Waals surface area contributed by atoms with E-state index in [0.29, 0.717) is 0 Å². The Hall–Kier alpha value is -0.650. The summed E-state index contributed by atoms with van der Waals surface area (Å²) < 4.78 is 0. The molecule has 13 heavy (non-hydrogen) atoms. The molecule has 4 N–H and O–H groups in total. The topological polar surface area (TPSA) is 75.6 Å². The van der Waals surface area contributed by atoms with E-state index in [2.05, 4.69) is 17.7 Å². The summed E-state index contributed by atoms with van der Waals surface area (Å²) in [6.07, 6.45) is 0. The highest BCUT2D eigenvalue weighted by molar-refractivity contribution is 5.78. The summed E-state index contributed by atoms with van der Waals surface area (Å²) in [5, 5.41) is 0. The van der Waals surface area contributed by atoms with Crippen LogP contribution in [0.3, 0.4) is 0 Å². The molecule has 0 unspecified atom stereocenters. The normalized spacial score (nSPS) is 17.7. The first-order valence-corrected chi connectivity index (χ1v) is 4.48. The molecule has 0 aromatic rings. The molecule has 0 radical (unpaired) electrons. The number of piperazine rings is 1. The fourth-order valence-electron chi connectivity index (χ4n) is 1.18. The van der Waals surface area contributed by atoms with E-state index >= 15 is 0 Å². The predicted molar refractivity (Wildman–Crippen MR) is 53.2 cm³/mol. The maximum atomic E-state index is 11.1. The van der Waals surface area contributed by atoms with Crippen LogP contribution in [0, 0.1) is 0 Å². The number of nitrogens with zero attached hydrogens (tertiary/aromatic N) is 2. The quantitative estimate of drug-likeness (QED) is 0.514. The number of nitrogens with two attached hydrogens (primary N) is 2. The van der Waals surface area contributed by atoms with Gasteiger partial charge in [0.25, 0.3) is 0 Å². The molecule has 0 bridgehead atoms. The zero-order valence-electron chi connectivity index (χ0n) is 8.49. The van der Waals surface area contributed by atoms with Crippen LogP contribution in [0.5, 0.6) is 0 Å². The average molecular weight is 188 g/mol. The first-order valence-electron chi connectivity index (χ1n) is 4.48. The molecule has 0 atom stereocenters. The Morgan fingerprint density at radius 2 is 1.69 bits per heavy atom. The second-order valence-electron chi connectivity index (χ2n) is 2.89. The second kappa shape index (κ2) is 6.82. The number of hydrogen-bond acceptors (Lipinski definition) is 4. The Balaban J connectivity index is 0.000000671. The number of amides is 1. The number of likely N-dealkylation sites (N-methyl/N-ethyl adjacent to an activating group) is 1. The molecular weight excluding hydrogens is 168 g/mol. The minimum Gasteiger partial charge on any atom is -0.339 e. The van der Waals surface area contributed by atoms with E-state index in [1.54, 1.807) is 0 Å². The molecule has 0 aliphatic carbocycles. The monoisotopic (exact) mass is 188 g/mol. The fraction of sp³-hybridized carbons (Fsp3) is 0.875. The highest BCUT2D eigenvalue weighted by Crippen LogP contribution is 1.98. The molecule has 1 aliphatic heterocycles. The lowest BCUT2D eigenvalue weighted by Crippen LogP contribution is -2.48. The van der Waals surface area contributed by atoms with Crippen molar-refractivity contribution < 1.29 is 4.79 Å². The van der Waals surface area contributed by atoms with E-state index in [1.807, 2.05) is 4.90 Å². The van der Waals surface area contributed by atoms with E-state index in [0.717, 1.165) is 26.2 Å². The molecule has 5 nitrogen and oxygen atoms in total. The predicted octanol–water partition coefficient (Wildman–Crippen LogP) is -1.71. The third kappa shape index (κ3) is 4.21. The maximum absolute atomic E-state index is 11.1. The molecule has 1 aliphatic rings. The van der Waals surface area contributed by atoms with Gasteiger partial charge >= 0.3 is 0 Å². The fourth-order valence-corrected chi connectivity index (χ4v) is 1.18. The zero-order chi connectivity index (χ0) is 10.3. The molecule has 1 heterocycles. The molecular formula is C8H20N4O. The first kappa shape index (κ1) is 12.3. The minimum atomic E-state index is 0.0677. The minimum absolute atomic E-state index is 0.0677. The van der Waals surface area contributed by atoms with Gasteiger partial charge in [-0.2, -0.15) is 0 Å². The highest BCUT2D eigenvalue weighted by Gasteiger charge is 2.16. The van der Waals surface area contributed by atoms with Gasteiger partial charge in [0.05, 0.1) is 6.54 Å². The molecule has 1 rings (SSSR count). The van der Waals surface area contributed by atoms with E-state index in [-0.39, 0.29) is 12.5 Å². The molecule has 0 aromatic carbocycles. The number of carbonyl (C=O) groups is 1. The van der Waals surface area contributed by atoms with Gasteiger partial charge in [-0.15, -0.1) is 0 Å². The van der Waals surface area contributed by atoms with Gasteiger partial charge in [-0.25, -0.2) is 0 Å². The van der Waals surface area contributed by atoms with Crippen molar-refractivity contribution in [2.45, 2.75) is 0 Å². The summed E-state index contributed by atoms with van der Waals surface area (Å²) in [4.78, 5) is 15.1. The average Bonchev–Trinajstić information content (AvgIpc) is 2.21. The van der Waals surface area contributed by atoms with Crippen LogP contribution in [-0.2, 0) is 4.79 Å². The van der Waals surface area contributed by atoms with Crippen molar-refractivity contribution in [2.75, 3.05) is 46.8 Å². The van der Waals surface area contributed by atoms with Crippen LogP contribution in [0.2, 0.25) is 0 Å². The summed E-state index contributed by atoms with van der Waals surface area (Å²) in [6.45, 7) is 3.72. The van der Waals surface area contributed by atoms with Crippen molar-refractivity contribution in [3.63, 3.8) is 0 Å². The van der Waals surface area contributed by atoms with Crippen LogP contribution in [0.15, 0.2) is 0 Å². The summed E-state index contributed by atoms with van der Waals surface area (Å²) >= 11 is 0. The molecule has 0 aromatic heterocycles. The lowest BCUT2D eigenvalue weighted by atomic mass is 10.3. The summed E-state index contributed by atoms with van der Waals surface area (Å²) in [5.41, 5.74) is 9.73. The maximum Gasteiger partial charge on any atom is 0.236 e. The Kier molecular flexibility index (Phi) is 6.48. The van der Waals surface area contributed by atoms with E-state index < -0.39 is 0 Å². The highest BCUT2D eigenvalue weighted by atomic mass is 16.2. The first-order chi connectivity index (χ1) is 6.24. The van der Waals surface area contributed by atoms with E-state index in [9.17, 15) is 4.79 Å². The van der Waals surface area contributed by atoms with Gasteiger partial charge in [0.2, 0.25) is 5.91 Å². The lowest BCUT2D eigenvalue weighted by molar-refractivity contribution is -0.131. The van der Waals surface area contributed by atoms with Crippen molar-refractivity contribution in [2.24, 2.45) is 11.5 Å². The van der Waals surface area contributed by atoms with Crippen LogP contribution in [0.25, 0.3) is 0 Å². The molecule has 1 fully saturated rings. The largest absolute Gasteiger partial charge is 0.339 e. The molecule has 5 heteroatoms. The summed E-state index contributed by atoms with van der Waals surface area (Å²) in [5.74, 6) is 0.0677. The van der Waals surface area contributed by atoms with Gasteiger partial charge in [-0.3, -0.25) is 4.79 Å². The third-order valence-electron chi connectivity index (χ3n) is 2.03. The Bertz CT molecular complexity index is 143. The van der Waals surface area contributed by atoms with Crippen LogP contribution >= 0.6 is 0 Å². The molecule has 0 saturated carbocycles. The number of rotatable bonds is 1. The summed E-state index contributed by atoms with van der Waals surface area (Å²) in [7, 11) is 3.56. The molecule has 0 spiro atoms. The van der Waals surface area contributed by atoms with Crippen molar-refractivity contribution >= 4 is 5.91 Å². The van der Waals surface area contributed by atoms with Gasteiger partial charge in [0.1, 0.15) is 0 Å². The van der Waals surface area contributed by atoms with Gasteiger partial charge in [0, 0.05) is 26.2 Å². The zero-order valence-corrected chi connectivity index (χ0v) is 8.49. The number of carbonyl (C=O) groups excluding carboxylic acids is 1. The standard InChI is InChI=1S/C7H15N3O.CH5N/c1-9-2-4-10(5-3-9)7(11)6-8;1-2/h2-6,8H2,1H3;2H2,1H3. The molecule has 1 amide bonds. The molecule has 1 saturated heterocycles. The lowest BCUT2D eigenvalue weighted by Gasteiger charge is -2.32. The van der Waals surface area contributed by atoms with Gasteiger partial charge in [-0.1, -0.05) is 0 Å². The second-order valence-corrected chi connectivity index (χ2v) is 2.89. The van der Waals surface area contributed by atoms with Gasteiger partial charge in [0.15, 0.2) is 0 Å². The van der Waals surface area contributed by atoms with Crippen molar-refractivity contribution in [3.8, 4) is 0 Å². The van der Waals surface area contributed by atoms with Crippen molar-refractivity contribution in [3.05, 3.63) is 0 Å². The smallest absolute Gasteiger partial charge is 0.236 e. The number of hydrogen-bond donors (Lipinski definition) is 2. The van der Waals surface area contributed by atoms with Crippen molar-refractivity contribution in [1.82, 2.24) is 9.80 Å². The third-order valence-corrected chi connectivity index (χ3v) is 2.03. The van der Waals surface area contributed by atoms with Crippen LogP contribution < -0.4 is 11.5 Å². The van der Waals surface area contributed by atoms with Gasteiger partial charge < -0.3 is 21.3 Å². The SMILES string of the molecule is CN.CN1CCN(C(=O)CN)CC1. The summed E-state index contributed by atoms with van der Waals surface area (Å²) in [6, 6.07) is 0. The Morgan fingerprint density at radius 1 is 1.23 bits per heavy atom. The Morgan fingerprint density at radius 3 is 2.08 bits per heavy atom. The van der Waals surface area contributed by atoms with Crippen LogP contribution in [0.4, 0.5) is 0 Å². The Labute approximate surface area is 79.7 Å².